The number of rotatable bonds is 6. The fourth-order valence-corrected chi connectivity index (χ4v) is 4.12. The number of nitrogens with two attached hydrogens (primary N) is 2. The number of hydrogen-bond donors (Lipinski definition) is 4. The molecule has 11 heteroatoms. The van der Waals surface area contributed by atoms with E-state index < -0.39 is 6.04 Å². The van der Waals surface area contributed by atoms with Gasteiger partial charge in [-0.2, -0.15) is 10.5 Å². The van der Waals surface area contributed by atoms with Crippen LogP contribution in [0.2, 0.25) is 0 Å². The van der Waals surface area contributed by atoms with E-state index in [1.54, 1.807) is 0 Å². The summed E-state index contributed by atoms with van der Waals surface area (Å²) >= 11 is 0. The largest absolute Gasteiger partial charge is 0.494 e. The number of ether oxygens (including phenoxy) is 1. The Bertz CT molecular complexity index is 1140. The van der Waals surface area contributed by atoms with Crippen molar-refractivity contribution in [2.75, 3.05) is 63.2 Å². The van der Waals surface area contributed by atoms with Gasteiger partial charge in [-0.25, -0.2) is 9.98 Å². The smallest absolute Gasteiger partial charge is 0.211 e. The van der Waals surface area contributed by atoms with Crippen LogP contribution in [0, 0.1) is 22.8 Å². The van der Waals surface area contributed by atoms with Crippen LogP contribution in [0.5, 0.6) is 5.75 Å². The molecule has 1 saturated heterocycles. The first kappa shape index (κ1) is 23.1. The molecule has 0 bridgehead atoms. The number of nitrogen functional groups attached to an aromatic ring is 2. The van der Waals surface area contributed by atoms with E-state index in [1.807, 2.05) is 36.5 Å². The number of likely N-dealkylation sites (N-methyl/N-ethyl adjacent to an activating group) is 1. The summed E-state index contributed by atoms with van der Waals surface area (Å²) in [5.74, 6) is 1.36. The Labute approximate surface area is 198 Å². The zero-order valence-electron chi connectivity index (χ0n) is 19.1. The standard InChI is InChI=1S/C23H28N10O/c1-32-8-10-33(11-9-32)7-2-12-34-16-5-3-15(4-6-16)20-18-19(26)17(13-24)21(27)30-22(18)31-23(29-20)28-14-25/h3-6,20H,2,7-12H2,1H3,(H6,26,27,28,29,30,31). The molecule has 34 heavy (non-hydrogen) atoms. The number of pyridine rings is 1. The van der Waals surface area contributed by atoms with E-state index in [9.17, 15) is 5.26 Å². The predicted octanol–water partition coefficient (Wildman–Crippen LogP) is 1.08. The monoisotopic (exact) mass is 460 g/mol. The highest BCUT2D eigenvalue weighted by Crippen LogP contribution is 2.40. The summed E-state index contributed by atoms with van der Waals surface area (Å²) in [5, 5.41) is 23.9. The van der Waals surface area contributed by atoms with E-state index in [0.29, 0.717) is 18.0 Å². The minimum Gasteiger partial charge on any atom is -0.494 e. The Morgan fingerprint density at radius 3 is 2.59 bits per heavy atom. The van der Waals surface area contributed by atoms with Crippen LogP contribution in [-0.4, -0.2) is 67.1 Å². The third-order valence-corrected chi connectivity index (χ3v) is 6.04. The molecule has 4 rings (SSSR count). The summed E-state index contributed by atoms with van der Waals surface area (Å²) in [6.07, 6.45) is 2.80. The molecule has 0 aliphatic carbocycles. The summed E-state index contributed by atoms with van der Waals surface area (Å²) in [4.78, 5) is 13.6. The molecule has 0 spiro atoms. The summed E-state index contributed by atoms with van der Waals surface area (Å²) in [5.41, 5.74) is 13.8. The summed E-state index contributed by atoms with van der Waals surface area (Å²) < 4.78 is 5.93. The van der Waals surface area contributed by atoms with Crippen molar-refractivity contribution >= 4 is 23.3 Å². The number of anilines is 3. The first-order valence-electron chi connectivity index (χ1n) is 11.1. The molecule has 1 unspecified atom stereocenters. The number of guanidine groups is 1. The number of aliphatic imine (C=N–C) groups is 1. The zero-order valence-corrected chi connectivity index (χ0v) is 19.1. The van der Waals surface area contributed by atoms with Crippen molar-refractivity contribution in [2.45, 2.75) is 12.5 Å². The average Bonchev–Trinajstić information content (AvgIpc) is 2.83. The van der Waals surface area contributed by atoms with Crippen LogP contribution in [0.15, 0.2) is 29.3 Å². The molecule has 2 aromatic rings. The number of nitrogens with zero attached hydrogens (tertiary/aromatic N) is 6. The van der Waals surface area contributed by atoms with Crippen molar-refractivity contribution in [3.05, 3.63) is 41.0 Å². The highest BCUT2D eigenvalue weighted by atomic mass is 16.5. The van der Waals surface area contributed by atoms with Gasteiger partial charge in [-0.05, 0) is 31.2 Å². The van der Waals surface area contributed by atoms with Crippen LogP contribution >= 0.6 is 0 Å². The van der Waals surface area contributed by atoms with Gasteiger partial charge in [0.15, 0.2) is 6.19 Å². The summed E-state index contributed by atoms with van der Waals surface area (Å²) in [6.45, 7) is 6.08. The summed E-state index contributed by atoms with van der Waals surface area (Å²) in [6, 6.07) is 8.98. The second-order valence-corrected chi connectivity index (χ2v) is 8.32. The van der Waals surface area contributed by atoms with Crippen molar-refractivity contribution in [1.82, 2.24) is 20.1 Å². The van der Waals surface area contributed by atoms with Crippen LogP contribution in [-0.2, 0) is 0 Å². The number of hydrogen-bond acceptors (Lipinski definition) is 11. The van der Waals surface area contributed by atoms with Crippen LogP contribution < -0.4 is 26.8 Å². The Morgan fingerprint density at radius 1 is 1.18 bits per heavy atom. The van der Waals surface area contributed by atoms with Gasteiger partial charge >= 0.3 is 0 Å². The Balaban J connectivity index is 1.46. The molecular weight excluding hydrogens is 432 g/mol. The number of nitrogens with one attached hydrogen (secondary N) is 2. The Hall–Kier alpha value is -4.06. The zero-order chi connectivity index (χ0) is 24.1. The van der Waals surface area contributed by atoms with Crippen molar-refractivity contribution in [2.24, 2.45) is 4.99 Å². The lowest BCUT2D eigenvalue weighted by Crippen LogP contribution is -2.44. The maximum Gasteiger partial charge on any atom is 0.211 e. The molecule has 1 aromatic carbocycles. The minimum atomic E-state index is -0.571. The van der Waals surface area contributed by atoms with Crippen LogP contribution in [0.1, 0.15) is 29.2 Å². The van der Waals surface area contributed by atoms with Gasteiger partial charge in [-0.3, -0.25) is 5.32 Å². The van der Waals surface area contributed by atoms with Gasteiger partial charge in [0, 0.05) is 38.3 Å². The van der Waals surface area contributed by atoms with E-state index in [1.165, 1.54) is 0 Å². The second kappa shape index (κ2) is 10.3. The second-order valence-electron chi connectivity index (χ2n) is 8.32. The average molecular weight is 461 g/mol. The third kappa shape index (κ3) is 4.96. The number of nitriles is 2. The quantitative estimate of drug-likeness (QED) is 0.278. The van der Waals surface area contributed by atoms with E-state index in [4.69, 9.17) is 21.5 Å². The fraction of sp³-hybridized carbons (Fsp3) is 0.391. The van der Waals surface area contributed by atoms with Crippen molar-refractivity contribution in [1.29, 1.82) is 10.5 Å². The van der Waals surface area contributed by atoms with Crippen LogP contribution in [0.25, 0.3) is 0 Å². The van der Waals surface area contributed by atoms with Gasteiger partial charge in [0.2, 0.25) is 5.96 Å². The van der Waals surface area contributed by atoms with Gasteiger partial charge in [-0.1, -0.05) is 12.1 Å². The van der Waals surface area contributed by atoms with Gasteiger partial charge in [0.25, 0.3) is 0 Å². The van der Waals surface area contributed by atoms with E-state index in [2.05, 4.69) is 37.5 Å². The highest BCUT2D eigenvalue weighted by molar-refractivity contribution is 5.98. The maximum atomic E-state index is 9.44. The maximum absolute atomic E-state index is 9.44. The minimum absolute atomic E-state index is 0.0172. The number of piperazine rings is 1. The molecular formula is C23H28N10O. The normalized spacial score (nSPS) is 18.1. The molecule has 0 radical (unpaired) electrons. The molecule has 1 atom stereocenters. The van der Waals surface area contributed by atoms with Gasteiger partial charge in [0.1, 0.15) is 35.1 Å². The first-order valence-corrected chi connectivity index (χ1v) is 11.1. The molecule has 6 N–H and O–H groups in total. The van der Waals surface area contributed by atoms with Crippen LogP contribution in [0.3, 0.4) is 0 Å². The Morgan fingerprint density at radius 2 is 1.91 bits per heavy atom. The van der Waals surface area contributed by atoms with Crippen LogP contribution in [0.4, 0.5) is 17.3 Å². The lowest BCUT2D eigenvalue weighted by molar-refractivity contribution is 0.145. The van der Waals surface area contributed by atoms with E-state index in [0.717, 1.165) is 50.5 Å². The van der Waals surface area contributed by atoms with Crippen molar-refractivity contribution in [3.63, 3.8) is 0 Å². The predicted molar refractivity (Wildman–Crippen MR) is 130 cm³/mol. The molecule has 11 nitrogen and oxygen atoms in total. The molecule has 1 aromatic heterocycles. The molecule has 0 amide bonds. The topological polar surface area (TPSA) is 165 Å². The molecule has 3 heterocycles. The lowest BCUT2D eigenvalue weighted by atomic mass is 9.95. The van der Waals surface area contributed by atoms with Gasteiger partial charge in [0.05, 0.1) is 12.3 Å². The van der Waals surface area contributed by atoms with Crippen molar-refractivity contribution in [3.8, 4) is 18.0 Å². The molecule has 1 fully saturated rings. The Kier molecular flexibility index (Phi) is 6.97. The van der Waals surface area contributed by atoms with Gasteiger partial charge < -0.3 is 31.3 Å². The van der Waals surface area contributed by atoms with Crippen molar-refractivity contribution < 1.29 is 4.74 Å². The number of benzene rings is 1. The fourth-order valence-electron chi connectivity index (χ4n) is 4.12. The molecule has 2 aliphatic heterocycles. The summed E-state index contributed by atoms with van der Waals surface area (Å²) in [7, 11) is 2.15. The highest BCUT2D eigenvalue weighted by Gasteiger charge is 2.29. The van der Waals surface area contributed by atoms with E-state index >= 15 is 0 Å². The number of fused-ring (bicyclic) bond motifs is 1. The molecule has 2 aliphatic rings. The van der Waals surface area contributed by atoms with E-state index in [-0.39, 0.29) is 23.0 Å². The number of aromatic nitrogens is 1. The molecule has 0 saturated carbocycles. The third-order valence-electron chi connectivity index (χ3n) is 6.04. The van der Waals surface area contributed by atoms with Gasteiger partial charge in [-0.15, -0.1) is 0 Å². The first-order chi connectivity index (χ1) is 16.5. The molecule has 176 valence electrons. The SMILES string of the molecule is CN1CCN(CCCOc2ccc(C3N=C(NC#N)Nc4nc(N)c(C#N)c(N)c43)cc2)CC1. The lowest BCUT2D eigenvalue weighted by Gasteiger charge is -2.32.